The first kappa shape index (κ1) is 14.0. The maximum Gasteiger partial charge on any atom is 0.321 e. The van der Waals surface area contributed by atoms with Crippen LogP contribution in [-0.4, -0.2) is 17.4 Å². The molecule has 110 valence electrons. The fourth-order valence-electron chi connectivity index (χ4n) is 2.46. The largest absolute Gasteiger partial charge is 0.367 e. The first-order chi connectivity index (χ1) is 10.2. The van der Waals surface area contributed by atoms with Crippen LogP contribution in [0.15, 0.2) is 17.5 Å². The number of hydroxylamine groups is 1. The van der Waals surface area contributed by atoms with Crippen molar-refractivity contribution < 1.29 is 9.63 Å². The fourth-order valence-corrected chi connectivity index (χ4v) is 4.48. The zero-order valence-corrected chi connectivity index (χ0v) is 12.7. The molecule has 0 radical (unpaired) electrons. The molecule has 0 saturated carbocycles. The van der Waals surface area contributed by atoms with Gasteiger partial charge in [-0.3, -0.25) is 10.2 Å². The Bertz CT molecular complexity index is 653. The summed E-state index contributed by atoms with van der Waals surface area (Å²) in [5.41, 5.74) is 6.43. The van der Waals surface area contributed by atoms with E-state index in [1.54, 1.807) is 11.3 Å². The van der Waals surface area contributed by atoms with E-state index >= 15 is 0 Å². The molecule has 0 fully saturated rings. The minimum atomic E-state index is -0.358. The maximum absolute atomic E-state index is 10.5. The predicted octanol–water partition coefficient (Wildman–Crippen LogP) is 2.26. The Hall–Kier alpha value is -1.93. The van der Waals surface area contributed by atoms with Crippen LogP contribution in [0.4, 0.5) is 5.13 Å². The third kappa shape index (κ3) is 2.77. The van der Waals surface area contributed by atoms with Gasteiger partial charge in [-0.2, -0.15) is 0 Å². The van der Waals surface area contributed by atoms with Gasteiger partial charge < -0.3 is 10.6 Å². The summed E-state index contributed by atoms with van der Waals surface area (Å²) in [7, 11) is 0. The van der Waals surface area contributed by atoms with Gasteiger partial charge in [0.1, 0.15) is 0 Å². The normalized spacial score (nSPS) is 17.0. The smallest absolute Gasteiger partial charge is 0.321 e. The molecule has 8 heteroatoms. The van der Waals surface area contributed by atoms with Gasteiger partial charge in [-0.05, 0) is 36.6 Å². The summed E-state index contributed by atoms with van der Waals surface area (Å²) in [5, 5.41) is 10.9. The molecule has 1 atom stereocenters. The highest BCUT2D eigenvalue weighted by molar-refractivity contribution is 7.16. The number of carbonyl (C=O) groups excluding carboxylic acids is 1. The second-order valence-corrected chi connectivity index (χ2v) is 6.74. The molecule has 21 heavy (non-hydrogen) atoms. The molecule has 6 nitrogen and oxygen atoms in total. The lowest BCUT2D eigenvalue weighted by Crippen LogP contribution is -2.36. The van der Waals surface area contributed by atoms with Gasteiger partial charge in [-0.25, -0.2) is 4.98 Å². The van der Waals surface area contributed by atoms with Gasteiger partial charge in [0.25, 0.3) is 0 Å². The standard InChI is InChI=1S/C13H14N4O2S2/c14-12(15)17(19-7-18)13-16-9-4-3-8(6-11(9)21-13)10-2-1-5-20-10/h1-2,5,7-8H,3-4,6H2,(H3,14,15). The number of rotatable bonds is 4. The number of thiazole rings is 1. The Morgan fingerprint density at radius 2 is 2.48 bits per heavy atom. The molecule has 2 aromatic rings. The van der Waals surface area contributed by atoms with Gasteiger partial charge in [0.15, 0.2) is 0 Å². The summed E-state index contributed by atoms with van der Waals surface area (Å²) >= 11 is 3.21. The van der Waals surface area contributed by atoms with E-state index in [0.29, 0.717) is 11.0 Å². The van der Waals surface area contributed by atoms with Crippen molar-refractivity contribution >= 4 is 40.2 Å². The Morgan fingerprint density at radius 3 is 3.14 bits per heavy atom. The van der Waals surface area contributed by atoms with Crippen molar-refractivity contribution in [2.45, 2.75) is 25.2 Å². The van der Waals surface area contributed by atoms with Crippen LogP contribution in [0.1, 0.15) is 27.8 Å². The second kappa shape index (κ2) is 5.82. The van der Waals surface area contributed by atoms with Crippen LogP contribution >= 0.6 is 22.7 Å². The number of thiophene rings is 1. The lowest BCUT2D eigenvalue weighted by molar-refractivity contribution is -0.128. The van der Waals surface area contributed by atoms with Crippen LogP contribution in [0.2, 0.25) is 0 Å². The third-order valence-electron chi connectivity index (χ3n) is 3.41. The van der Waals surface area contributed by atoms with Crippen molar-refractivity contribution in [3.05, 3.63) is 33.0 Å². The molecular weight excluding hydrogens is 308 g/mol. The highest BCUT2D eigenvalue weighted by Gasteiger charge is 2.27. The highest BCUT2D eigenvalue weighted by atomic mass is 32.1. The van der Waals surface area contributed by atoms with E-state index in [4.69, 9.17) is 16.0 Å². The average molecular weight is 322 g/mol. The number of anilines is 1. The Labute approximate surface area is 129 Å². The van der Waals surface area contributed by atoms with Crippen LogP contribution in [0.25, 0.3) is 0 Å². The number of nitrogens with two attached hydrogens (primary N) is 1. The molecule has 1 aliphatic rings. The number of fused-ring (bicyclic) bond motifs is 1. The first-order valence-corrected chi connectivity index (χ1v) is 8.15. The molecule has 2 heterocycles. The average Bonchev–Trinajstić information content (AvgIpc) is 3.12. The Kier molecular flexibility index (Phi) is 3.89. The SMILES string of the molecule is N=C(N)N(OC=O)c1nc2c(s1)CC(c1cccs1)CC2. The third-order valence-corrected chi connectivity index (χ3v) is 5.54. The molecule has 1 unspecified atom stereocenters. The van der Waals surface area contributed by atoms with E-state index in [0.717, 1.165) is 30.0 Å². The van der Waals surface area contributed by atoms with E-state index in [-0.39, 0.29) is 12.4 Å². The van der Waals surface area contributed by atoms with Crippen molar-refractivity contribution in [1.82, 2.24) is 4.98 Å². The molecule has 0 bridgehead atoms. The topological polar surface area (TPSA) is 92.3 Å². The van der Waals surface area contributed by atoms with Crippen LogP contribution in [0, 0.1) is 5.41 Å². The van der Waals surface area contributed by atoms with Crippen LogP contribution in [0.3, 0.4) is 0 Å². The first-order valence-electron chi connectivity index (χ1n) is 6.45. The van der Waals surface area contributed by atoms with Gasteiger partial charge in [0, 0.05) is 9.75 Å². The number of nitrogens with one attached hydrogen (secondary N) is 1. The number of hydrogen-bond acceptors (Lipinski definition) is 6. The summed E-state index contributed by atoms with van der Waals surface area (Å²) < 4.78 is 0. The second-order valence-electron chi connectivity index (χ2n) is 4.70. The number of guanidine groups is 1. The molecule has 0 saturated heterocycles. The molecular formula is C13H14N4O2S2. The van der Waals surface area contributed by atoms with Crippen molar-refractivity contribution in [3.8, 4) is 0 Å². The van der Waals surface area contributed by atoms with Gasteiger partial charge in [-0.1, -0.05) is 17.4 Å². The summed E-state index contributed by atoms with van der Waals surface area (Å²) in [6.07, 6.45) is 2.88. The lowest BCUT2D eigenvalue weighted by Gasteiger charge is -2.19. The summed E-state index contributed by atoms with van der Waals surface area (Å²) in [4.78, 5) is 22.2. The summed E-state index contributed by atoms with van der Waals surface area (Å²) in [6.45, 7) is 0.246. The van der Waals surface area contributed by atoms with Crippen molar-refractivity contribution in [2.24, 2.45) is 5.73 Å². The quantitative estimate of drug-likeness (QED) is 0.390. The van der Waals surface area contributed by atoms with Crippen molar-refractivity contribution in [1.29, 1.82) is 5.41 Å². The Balaban J connectivity index is 1.84. The molecule has 3 rings (SSSR count). The molecule has 0 aliphatic heterocycles. The van der Waals surface area contributed by atoms with E-state index in [9.17, 15) is 4.79 Å². The molecule has 0 spiro atoms. The fraction of sp³-hybridized carbons (Fsp3) is 0.308. The number of carbonyl (C=O) groups is 1. The summed E-state index contributed by atoms with van der Waals surface area (Å²) in [6, 6.07) is 4.24. The van der Waals surface area contributed by atoms with E-state index in [1.165, 1.54) is 21.1 Å². The van der Waals surface area contributed by atoms with Gasteiger partial charge in [0.2, 0.25) is 11.1 Å². The number of hydrogen-bond donors (Lipinski definition) is 2. The Morgan fingerprint density at radius 1 is 1.62 bits per heavy atom. The number of aromatic nitrogens is 1. The highest BCUT2D eigenvalue weighted by Crippen LogP contribution is 2.39. The monoisotopic (exact) mass is 322 g/mol. The van der Waals surface area contributed by atoms with Crippen LogP contribution < -0.4 is 10.8 Å². The summed E-state index contributed by atoms with van der Waals surface area (Å²) in [5.74, 6) is 0.159. The molecule has 0 aromatic carbocycles. The van der Waals surface area contributed by atoms with E-state index < -0.39 is 0 Å². The minimum absolute atomic E-state index is 0.246. The van der Waals surface area contributed by atoms with Crippen LogP contribution in [0.5, 0.6) is 0 Å². The molecule has 3 N–H and O–H groups in total. The van der Waals surface area contributed by atoms with Crippen LogP contribution in [-0.2, 0) is 22.5 Å². The van der Waals surface area contributed by atoms with Crippen molar-refractivity contribution in [2.75, 3.05) is 5.06 Å². The van der Waals surface area contributed by atoms with Crippen molar-refractivity contribution in [3.63, 3.8) is 0 Å². The predicted molar refractivity (Wildman–Crippen MR) is 82.7 cm³/mol. The van der Waals surface area contributed by atoms with Gasteiger partial charge in [0.05, 0.1) is 5.69 Å². The number of aryl methyl sites for hydroxylation is 1. The molecule has 2 aromatic heterocycles. The van der Waals surface area contributed by atoms with Gasteiger partial charge >= 0.3 is 6.47 Å². The molecule has 0 amide bonds. The maximum atomic E-state index is 10.5. The van der Waals surface area contributed by atoms with E-state index in [1.807, 2.05) is 0 Å². The number of nitrogens with zero attached hydrogens (tertiary/aromatic N) is 2. The van der Waals surface area contributed by atoms with Gasteiger partial charge in [-0.15, -0.1) is 16.4 Å². The zero-order valence-electron chi connectivity index (χ0n) is 11.1. The van der Waals surface area contributed by atoms with E-state index in [2.05, 4.69) is 22.5 Å². The zero-order chi connectivity index (χ0) is 14.8. The minimum Gasteiger partial charge on any atom is -0.367 e. The molecule has 1 aliphatic carbocycles. The lowest BCUT2D eigenvalue weighted by atomic mass is 9.90.